The fraction of sp³-hybridized carbons (Fsp3) is 0.556. The molecule has 2 aliphatic rings. The first-order valence-corrected chi connectivity index (χ1v) is 9.01. The van der Waals surface area contributed by atoms with Crippen molar-refractivity contribution in [2.45, 2.75) is 63.5 Å². The summed E-state index contributed by atoms with van der Waals surface area (Å²) in [7, 11) is 0. The lowest BCUT2D eigenvalue weighted by molar-refractivity contribution is 0.0876. The lowest BCUT2D eigenvalue weighted by Crippen LogP contribution is -2.40. The lowest BCUT2D eigenvalue weighted by Gasteiger charge is -2.28. The minimum absolute atomic E-state index is 0.107. The normalized spacial score (nSPS) is 22.9. The van der Waals surface area contributed by atoms with Gasteiger partial charge in [-0.3, -0.25) is 4.79 Å². The van der Waals surface area contributed by atoms with Gasteiger partial charge in [0.2, 0.25) is 0 Å². The second-order valence-electron chi connectivity index (χ2n) is 6.74. The van der Waals surface area contributed by atoms with Crippen LogP contribution in [0.4, 0.5) is 0 Å². The van der Waals surface area contributed by atoms with Gasteiger partial charge < -0.3 is 14.6 Å². The smallest absolute Gasteiger partial charge is 0.316 e. The van der Waals surface area contributed by atoms with Crippen LogP contribution in [0.2, 0.25) is 0 Å². The summed E-state index contributed by atoms with van der Waals surface area (Å²) in [5.74, 6) is 0.777. The first-order valence-electron chi connectivity index (χ1n) is 9.01. The van der Waals surface area contributed by atoms with Crippen LogP contribution in [0, 0.1) is 0 Å². The molecule has 1 amide bonds. The van der Waals surface area contributed by atoms with Crippen LogP contribution in [0.5, 0.6) is 6.01 Å². The van der Waals surface area contributed by atoms with Gasteiger partial charge in [0, 0.05) is 30.4 Å². The van der Waals surface area contributed by atoms with E-state index in [2.05, 4.69) is 20.4 Å². The maximum Gasteiger partial charge on any atom is 0.316 e. The van der Waals surface area contributed by atoms with Gasteiger partial charge in [0.15, 0.2) is 5.69 Å². The van der Waals surface area contributed by atoms with Crippen LogP contribution >= 0.6 is 0 Å². The van der Waals surface area contributed by atoms with Crippen LogP contribution in [-0.4, -0.2) is 33.2 Å². The maximum atomic E-state index is 12.5. The molecule has 2 aromatic heterocycles. The van der Waals surface area contributed by atoms with E-state index in [0.717, 1.165) is 62.7 Å². The van der Waals surface area contributed by atoms with Crippen molar-refractivity contribution in [2.75, 3.05) is 0 Å². The molecule has 2 aromatic rings. The van der Waals surface area contributed by atoms with Crippen LogP contribution in [0.15, 0.2) is 23.0 Å². The number of aryl methyl sites for hydroxylation is 1. The van der Waals surface area contributed by atoms with Crippen LogP contribution < -0.4 is 10.1 Å². The second-order valence-corrected chi connectivity index (χ2v) is 6.74. The number of amides is 1. The van der Waals surface area contributed by atoms with Gasteiger partial charge in [-0.25, -0.2) is 9.97 Å². The number of nitrogens with zero attached hydrogens (tertiary/aromatic N) is 3. The zero-order chi connectivity index (χ0) is 17.1. The number of ether oxygens (including phenoxy) is 1. The van der Waals surface area contributed by atoms with Gasteiger partial charge in [-0.05, 0) is 51.0 Å². The molecule has 0 bridgehead atoms. The van der Waals surface area contributed by atoms with Crippen molar-refractivity contribution in [1.82, 2.24) is 20.4 Å². The molecule has 1 N–H and O–H groups in total. The van der Waals surface area contributed by atoms with E-state index >= 15 is 0 Å². The van der Waals surface area contributed by atoms with Crippen LogP contribution in [0.3, 0.4) is 0 Å². The van der Waals surface area contributed by atoms with Crippen molar-refractivity contribution >= 4 is 5.91 Å². The number of rotatable bonds is 4. The largest absolute Gasteiger partial charge is 0.460 e. The fourth-order valence-corrected chi connectivity index (χ4v) is 3.64. The highest BCUT2D eigenvalue weighted by Gasteiger charge is 2.28. The summed E-state index contributed by atoms with van der Waals surface area (Å²) in [6.45, 7) is 0. The summed E-state index contributed by atoms with van der Waals surface area (Å²) in [6.07, 6.45) is 10.9. The number of carbonyl (C=O) groups excluding carboxylic acids is 1. The minimum atomic E-state index is -0.109. The summed E-state index contributed by atoms with van der Waals surface area (Å²) >= 11 is 0. The van der Waals surface area contributed by atoms with Gasteiger partial charge in [0.25, 0.3) is 5.91 Å². The summed E-state index contributed by atoms with van der Waals surface area (Å²) < 4.78 is 11.1. The van der Waals surface area contributed by atoms with E-state index in [1.54, 1.807) is 18.5 Å². The van der Waals surface area contributed by atoms with Crippen molar-refractivity contribution in [3.63, 3.8) is 0 Å². The Labute approximate surface area is 146 Å². The van der Waals surface area contributed by atoms with Crippen molar-refractivity contribution in [2.24, 2.45) is 0 Å². The third-order valence-corrected chi connectivity index (χ3v) is 4.99. The molecule has 0 aromatic carbocycles. The molecule has 7 heteroatoms. The Morgan fingerprint density at radius 2 is 1.88 bits per heavy atom. The van der Waals surface area contributed by atoms with Crippen LogP contribution in [-0.2, 0) is 12.8 Å². The van der Waals surface area contributed by atoms with E-state index in [1.165, 1.54) is 0 Å². The Morgan fingerprint density at radius 3 is 2.68 bits per heavy atom. The Bertz CT molecular complexity index is 723. The summed E-state index contributed by atoms with van der Waals surface area (Å²) in [5.41, 5.74) is 1.48. The number of nitrogens with one attached hydrogen (secondary N) is 1. The van der Waals surface area contributed by atoms with Crippen molar-refractivity contribution in [3.05, 3.63) is 35.5 Å². The molecule has 0 spiro atoms. The van der Waals surface area contributed by atoms with Crippen molar-refractivity contribution in [3.8, 4) is 6.01 Å². The molecule has 1 saturated carbocycles. The Balaban J connectivity index is 1.30. The maximum absolute atomic E-state index is 12.5. The van der Waals surface area contributed by atoms with Gasteiger partial charge in [-0.1, -0.05) is 5.16 Å². The molecule has 0 atom stereocenters. The minimum Gasteiger partial charge on any atom is -0.460 e. The highest BCUT2D eigenvalue weighted by molar-refractivity contribution is 5.94. The van der Waals surface area contributed by atoms with Crippen molar-refractivity contribution < 1.29 is 14.1 Å². The quantitative estimate of drug-likeness (QED) is 0.918. The molecule has 0 unspecified atom stereocenters. The highest BCUT2D eigenvalue weighted by atomic mass is 16.5. The predicted molar refractivity (Wildman–Crippen MR) is 89.3 cm³/mol. The summed E-state index contributed by atoms with van der Waals surface area (Å²) in [6, 6.07) is 2.34. The SMILES string of the molecule is O=C(NC1CCC(Oc2ncccn2)CC1)c1noc2c1CCCC2. The van der Waals surface area contributed by atoms with Gasteiger partial charge >= 0.3 is 6.01 Å². The molecule has 0 aliphatic heterocycles. The molecule has 0 saturated heterocycles. The van der Waals surface area contributed by atoms with E-state index < -0.39 is 0 Å². The van der Waals surface area contributed by atoms with Gasteiger partial charge in [0.05, 0.1) is 0 Å². The molecule has 4 rings (SSSR count). The molecule has 0 radical (unpaired) electrons. The van der Waals surface area contributed by atoms with Crippen molar-refractivity contribution in [1.29, 1.82) is 0 Å². The Hall–Kier alpha value is -2.44. The molecular weight excluding hydrogens is 320 g/mol. The van der Waals surface area contributed by atoms with E-state index in [-0.39, 0.29) is 18.1 Å². The third kappa shape index (κ3) is 3.65. The van der Waals surface area contributed by atoms with Gasteiger partial charge in [-0.2, -0.15) is 0 Å². The second kappa shape index (κ2) is 7.21. The number of hydrogen-bond donors (Lipinski definition) is 1. The molecule has 2 heterocycles. The fourth-order valence-electron chi connectivity index (χ4n) is 3.64. The molecule has 132 valence electrons. The lowest BCUT2D eigenvalue weighted by atomic mass is 9.92. The number of carbonyl (C=O) groups is 1. The van der Waals surface area contributed by atoms with E-state index in [4.69, 9.17) is 9.26 Å². The molecular formula is C18H22N4O3. The average molecular weight is 342 g/mol. The molecule has 1 fully saturated rings. The highest BCUT2D eigenvalue weighted by Crippen LogP contribution is 2.25. The zero-order valence-electron chi connectivity index (χ0n) is 14.1. The third-order valence-electron chi connectivity index (χ3n) is 4.99. The number of fused-ring (bicyclic) bond motifs is 1. The number of aromatic nitrogens is 3. The standard InChI is InChI=1S/C18H22N4O3/c23-17(16-14-4-1-2-5-15(14)25-22-16)21-12-6-8-13(9-7-12)24-18-19-10-3-11-20-18/h3,10-13H,1-2,4-9H2,(H,21,23). The molecule has 25 heavy (non-hydrogen) atoms. The average Bonchev–Trinajstić information content (AvgIpc) is 3.08. The number of hydrogen-bond acceptors (Lipinski definition) is 6. The van der Waals surface area contributed by atoms with E-state index in [9.17, 15) is 4.79 Å². The topological polar surface area (TPSA) is 90.1 Å². The first-order chi connectivity index (χ1) is 12.3. The van der Waals surface area contributed by atoms with Gasteiger partial charge in [-0.15, -0.1) is 0 Å². The van der Waals surface area contributed by atoms with Crippen LogP contribution in [0.25, 0.3) is 0 Å². The Morgan fingerprint density at radius 1 is 1.12 bits per heavy atom. The van der Waals surface area contributed by atoms with Gasteiger partial charge in [0.1, 0.15) is 11.9 Å². The summed E-state index contributed by atoms with van der Waals surface area (Å²) in [4.78, 5) is 20.7. The van der Waals surface area contributed by atoms with E-state index in [0.29, 0.717) is 11.7 Å². The molecule has 7 nitrogen and oxygen atoms in total. The first kappa shape index (κ1) is 16.1. The predicted octanol–water partition coefficient (Wildman–Crippen LogP) is 2.46. The van der Waals surface area contributed by atoms with Crippen LogP contribution in [0.1, 0.15) is 60.3 Å². The van der Waals surface area contributed by atoms with E-state index in [1.807, 2.05) is 0 Å². The molecule has 2 aliphatic carbocycles. The Kier molecular flexibility index (Phi) is 4.63. The monoisotopic (exact) mass is 342 g/mol. The zero-order valence-corrected chi connectivity index (χ0v) is 14.1. The summed E-state index contributed by atoms with van der Waals surface area (Å²) in [5, 5.41) is 7.11.